The van der Waals surface area contributed by atoms with E-state index in [0.29, 0.717) is 5.56 Å². The highest BCUT2D eigenvalue weighted by Gasteiger charge is 2.01. The van der Waals surface area contributed by atoms with Gasteiger partial charge in [0.25, 0.3) is 5.56 Å². The smallest absolute Gasteiger partial charge is 0.252 e. The zero-order valence-corrected chi connectivity index (χ0v) is 7.02. The Hall–Kier alpha value is -0.800. The van der Waals surface area contributed by atoms with Gasteiger partial charge in [-0.2, -0.15) is 0 Å². The minimum Gasteiger partial charge on any atom is -0.329 e. The molecule has 1 atom stereocenters. The van der Waals surface area contributed by atoms with E-state index in [0.717, 1.165) is 0 Å². The van der Waals surface area contributed by atoms with Crippen LogP contribution in [0, 0.1) is 0 Å². The zero-order chi connectivity index (χ0) is 7.56. The molecule has 4 heteroatoms. The van der Waals surface area contributed by atoms with Crippen molar-refractivity contribution in [3.63, 3.8) is 0 Å². The van der Waals surface area contributed by atoms with Crippen LogP contribution in [0.15, 0.2) is 23.1 Å². The Kier molecular flexibility index (Phi) is 3.85. The van der Waals surface area contributed by atoms with E-state index in [1.807, 2.05) is 0 Å². The van der Waals surface area contributed by atoms with Crippen molar-refractivity contribution in [2.24, 2.45) is 5.73 Å². The fourth-order valence-electron chi connectivity index (χ4n) is 0.793. The van der Waals surface area contributed by atoms with Crippen molar-refractivity contribution in [2.45, 2.75) is 13.0 Å². The van der Waals surface area contributed by atoms with Crippen molar-refractivity contribution in [1.29, 1.82) is 0 Å². The van der Waals surface area contributed by atoms with Gasteiger partial charge in [-0.1, -0.05) is 6.07 Å². The van der Waals surface area contributed by atoms with E-state index in [4.69, 9.17) is 5.73 Å². The highest BCUT2D eigenvalue weighted by Crippen LogP contribution is 1.99. The first-order valence-electron chi connectivity index (χ1n) is 3.15. The van der Waals surface area contributed by atoms with Crippen LogP contribution in [0.4, 0.5) is 0 Å². The molecule has 1 aromatic heterocycles. The molecule has 0 amide bonds. The molecule has 1 heterocycles. The number of halogens is 1. The molecule has 0 fully saturated rings. The average molecular weight is 175 g/mol. The molecule has 0 aliphatic rings. The summed E-state index contributed by atoms with van der Waals surface area (Å²) in [6, 6.07) is 3.30. The highest BCUT2D eigenvalue weighted by atomic mass is 35.5. The van der Waals surface area contributed by atoms with Crippen LogP contribution in [0.25, 0.3) is 0 Å². The summed E-state index contributed by atoms with van der Waals surface area (Å²) >= 11 is 0. The summed E-state index contributed by atoms with van der Waals surface area (Å²) in [5.41, 5.74) is 6.02. The average Bonchev–Trinajstić information content (AvgIpc) is 1.88. The Morgan fingerprint density at radius 3 is 2.64 bits per heavy atom. The van der Waals surface area contributed by atoms with Crippen LogP contribution in [0.3, 0.4) is 0 Å². The van der Waals surface area contributed by atoms with Crippen molar-refractivity contribution in [1.82, 2.24) is 4.98 Å². The molecule has 0 radical (unpaired) electrons. The number of aromatic nitrogens is 1. The van der Waals surface area contributed by atoms with Crippen LogP contribution in [-0.2, 0) is 0 Å². The van der Waals surface area contributed by atoms with Crippen molar-refractivity contribution in [3.05, 3.63) is 34.2 Å². The van der Waals surface area contributed by atoms with Gasteiger partial charge in [-0.15, -0.1) is 12.4 Å². The van der Waals surface area contributed by atoms with Gasteiger partial charge in [0.05, 0.1) is 0 Å². The number of aromatic amines is 1. The quantitative estimate of drug-likeness (QED) is 0.662. The number of rotatable bonds is 1. The Bertz CT molecular complexity index is 269. The summed E-state index contributed by atoms with van der Waals surface area (Å²) in [5.74, 6) is 0. The third kappa shape index (κ3) is 2.37. The van der Waals surface area contributed by atoms with Gasteiger partial charge in [0.1, 0.15) is 0 Å². The summed E-state index contributed by atoms with van der Waals surface area (Å²) in [6.45, 7) is 1.78. The molecule has 0 bridgehead atoms. The maximum absolute atomic E-state index is 10.9. The maximum atomic E-state index is 10.9. The first kappa shape index (κ1) is 10.2. The molecular formula is C7H11ClN2O. The van der Waals surface area contributed by atoms with E-state index < -0.39 is 0 Å². The Morgan fingerprint density at radius 1 is 1.64 bits per heavy atom. The largest absolute Gasteiger partial charge is 0.329 e. The minimum absolute atomic E-state index is 0. The van der Waals surface area contributed by atoms with E-state index in [2.05, 4.69) is 4.98 Å². The zero-order valence-electron chi connectivity index (χ0n) is 6.20. The summed E-state index contributed by atoms with van der Waals surface area (Å²) < 4.78 is 0. The van der Waals surface area contributed by atoms with Crippen LogP contribution in [0.1, 0.15) is 18.5 Å². The van der Waals surface area contributed by atoms with Gasteiger partial charge in [-0.3, -0.25) is 4.79 Å². The maximum Gasteiger partial charge on any atom is 0.252 e. The van der Waals surface area contributed by atoms with Gasteiger partial charge in [0.2, 0.25) is 0 Å². The fourth-order valence-corrected chi connectivity index (χ4v) is 0.793. The molecule has 1 aromatic rings. The van der Waals surface area contributed by atoms with Gasteiger partial charge in [0, 0.05) is 17.8 Å². The predicted molar refractivity (Wildman–Crippen MR) is 46.9 cm³/mol. The van der Waals surface area contributed by atoms with Crippen molar-refractivity contribution in [3.8, 4) is 0 Å². The normalized spacial score (nSPS) is 11.8. The van der Waals surface area contributed by atoms with Crippen LogP contribution in [-0.4, -0.2) is 4.98 Å². The Labute approximate surface area is 71.0 Å². The van der Waals surface area contributed by atoms with Gasteiger partial charge < -0.3 is 10.7 Å². The van der Waals surface area contributed by atoms with Crippen molar-refractivity contribution < 1.29 is 0 Å². The number of hydrogen-bond donors (Lipinski definition) is 2. The van der Waals surface area contributed by atoms with Gasteiger partial charge in [-0.05, 0) is 13.0 Å². The lowest BCUT2D eigenvalue weighted by atomic mass is 10.2. The lowest BCUT2D eigenvalue weighted by Gasteiger charge is -2.00. The molecule has 3 N–H and O–H groups in total. The second-order valence-corrected chi connectivity index (χ2v) is 2.24. The summed E-state index contributed by atoms with van der Waals surface area (Å²) in [6.07, 6.45) is 1.59. The molecule has 0 saturated heterocycles. The van der Waals surface area contributed by atoms with Gasteiger partial charge in [0.15, 0.2) is 0 Å². The number of nitrogens with two attached hydrogens (primary N) is 1. The molecule has 3 nitrogen and oxygen atoms in total. The molecular weight excluding hydrogens is 164 g/mol. The number of pyridine rings is 1. The molecule has 0 saturated carbocycles. The van der Waals surface area contributed by atoms with Crippen LogP contribution >= 0.6 is 12.4 Å². The molecule has 11 heavy (non-hydrogen) atoms. The third-order valence-corrected chi connectivity index (χ3v) is 1.34. The molecule has 0 aliphatic carbocycles. The first-order chi connectivity index (χ1) is 4.72. The molecule has 62 valence electrons. The topological polar surface area (TPSA) is 58.9 Å². The van der Waals surface area contributed by atoms with Crippen molar-refractivity contribution in [2.75, 3.05) is 0 Å². The van der Waals surface area contributed by atoms with E-state index in [1.54, 1.807) is 25.3 Å². The molecule has 0 aliphatic heterocycles. The Balaban J connectivity index is 0.000001000. The van der Waals surface area contributed by atoms with Gasteiger partial charge >= 0.3 is 0 Å². The van der Waals surface area contributed by atoms with Gasteiger partial charge in [-0.25, -0.2) is 0 Å². The van der Waals surface area contributed by atoms with Crippen LogP contribution in [0.2, 0.25) is 0 Å². The van der Waals surface area contributed by atoms with Crippen molar-refractivity contribution >= 4 is 12.4 Å². The van der Waals surface area contributed by atoms with Crippen LogP contribution < -0.4 is 11.3 Å². The minimum atomic E-state index is -0.190. The monoisotopic (exact) mass is 174 g/mol. The number of hydrogen-bond acceptors (Lipinski definition) is 2. The lowest BCUT2D eigenvalue weighted by Crippen LogP contribution is -2.18. The predicted octanol–water partition coefficient (Wildman–Crippen LogP) is 0.816. The molecule has 0 spiro atoms. The summed E-state index contributed by atoms with van der Waals surface area (Å²) in [5, 5.41) is 0. The summed E-state index contributed by atoms with van der Waals surface area (Å²) in [7, 11) is 0. The van der Waals surface area contributed by atoms with E-state index >= 15 is 0 Å². The van der Waals surface area contributed by atoms with E-state index in [9.17, 15) is 4.79 Å². The lowest BCUT2D eigenvalue weighted by molar-refractivity contribution is 0.800. The Morgan fingerprint density at radius 2 is 2.27 bits per heavy atom. The molecule has 1 rings (SSSR count). The number of H-pyrrole nitrogens is 1. The summed E-state index contributed by atoms with van der Waals surface area (Å²) in [4.78, 5) is 13.5. The third-order valence-electron chi connectivity index (χ3n) is 1.34. The standard InChI is InChI=1S/C7H10N2O.ClH/c1-5(8)6-3-2-4-9-7(6)10;/h2-5H,8H2,1H3,(H,9,10);1H. The first-order valence-corrected chi connectivity index (χ1v) is 3.15. The van der Waals surface area contributed by atoms with Crippen LogP contribution in [0.5, 0.6) is 0 Å². The molecule has 0 aromatic carbocycles. The van der Waals surface area contributed by atoms with E-state index in [1.165, 1.54) is 0 Å². The highest BCUT2D eigenvalue weighted by molar-refractivity contribution is 5.85. The second kappa shape index (κ2) is 4.16. The fraction of sp³-hybridized carbons (Fsp3) is 0.286. The second-order valence-electron chi connectivity index (χ2n) is 2.24. The SMILES string of the molecule is CC(N)c1ccc[nH]c1=O.Cl. The molecule has 1 unspecified atom stereocenters. The number of nitrogens with one attached hydrogen (secondary N) is 1. The van der Waals surface area contributed by atoms with E-state index in [-0.39, 0.29) is 24.0 Å².